The Labute approximate surface area is 89.2 Å². The second-order valence-corrected chi connectivity index (χ2v) is 3.16. The summed E-state index contributed by atoms with van der Waals surface area (Å²) in [5.74, 6) is -2.29. The molecule has 7 heteroatoms. The summed E-state index contributed by atoms with van der Waals surface area (Å²) in [5.41, 5.74) is 0. The maximum absolute atomic E-state index is 11.2. The van der Waals surface area contributed by atoms with Crippen molar-refractivity contribution in [3.8, 4) is 0 Å². The van der Waals surface area contributed by atoms with E-state index in [1.54, 1.807) is 0 Å². The highest BCUT2D eigenvalue weighted by Gasteiger charge is 2.37. The SMILES string of the molecule is COC(=O)CN1C(=O)C(Cl)=C(Cl)C1=O. The molecule has 0 aromatic carbocycles. The summed E-state index contributed by atoms with van der Waals surface area (Å²) < 4.78 is 4.29. The molecule has 1 aliphatic rings. The van der Waals surface area contributed by atoms with Crippen molar-refractivity contribution in [2.45, 2.75) is 0 Å². The normalized spacial score (nSPS) is 16.6. The molecule has 0 saturated carbocycles. The van der Waals surface area contributed by atoms with Crippen molar-refractivity contribution in [1.29, 1.82) is 0 Å². The monoisotopic (exact) mass is 237 g/mol. The van der Waals surface area contributed by atoms with E-state index in [1.807, 2.05) is 0 Å². The van der Waals surface area contributed by atoms with Gasteiger partial charge in [-0.05, 0) is 0 Å². The average Bonchev–Trinajstić information content (AvgIpc) is 2.35. The predicted molar refractivity (Wildman–Crippen MR) is 47.5 cm³/mol. The third-order valence-corrected chi connectivity index (χ3v) is 2.37. The number of methoxy groups -OCH3 is 1. The number of nitrogens with zero attached hydrogens (tertiary/aromatic N) is 1. The Morgan fingerprint density at radius 1 is 1.29 bits per heavy atom. The minimum absolute atomic E-state index is 0.374. The van der Waals surface area contributed by atoms with Gasteiger partial charge in [0.15, 0.2) is 0 Å². The summed E-state index contributed by atoms with van der Waals surface area (Å²) in [4.78, 5) is 33.8. The zero-order chi connectivity index (χ0) is 10.9. The van der Waals surface area contributed by atoms with E-state index in [4.69, 9.17) is 23.2 Å². The summed E-state index contributed by atoms with van der Waals surface area (Å²) in [5, 5.41) is -0.749. The van der Waals surface area contributed by atoms with Gasteiger partial charge >= 0.3 is 5.97 Å². The lowest BCUT2D eigenvalue weighted by Crippen LogP contribution is -2.36. The highest BCUT2D eigenvalue weighted by atomic mass is 35.5. The first-order chi connectivity index (χ1) is 6.49. The van der Waals surface area contributed by atoms with Crippen molar-refractivity contribution < 1.29 is 19.1 Å². The lowest BCUT2D eigenvalue weighted by atomic mass is 10.5. The van der Waals surface area contributed by atoms with E-state index < -0.39 is 24.3 Å². The fourth-order valence-electron chi connectivity index (χ4n) is 0.854. The molecule has 2 amide bonds. The summed E-state index contributed by atoms with van der Waals surface area (Å²) in [6, 6.07) is 0. The van der Waals surface area contributed by atoms with E-state index in [9.17, 15) is 14.4 Å². The molecule has 0 N–H and O–H groups in total. The number of carbonyl (C=O) groups excluding carboxylic acids is 3. The number of hydrogen-bond acceptors (Lipinski definition) is 4. The Hall–Kier alpha value is -1.07. The van der Waals surface area contributed by atoms with Crippen LogP contribution in [0.2, 0.25) is 0 Å². The molecule has 0 saturated heterocycles. The second-order valence-electron chi connectivity index (χ2n) is 2.40. The molecule has 0 fully saturated rings. The largest absolute Gasteiger partial charge is 0.468 e. The molecule has 0 spiro atoms. The number of amides is 2. The minimum atomic E-state index is -0.785. The second kappa shape index (κ2) is 3.98. The van der Waals surface area contributed by atoms with Crippen LogP contribution in [0.1, 0.15) is 0 Å². The fourth-order valence-corrected chi connectivity index (χ4v) is 1.22. The van der Waals surface area contributed by atoms with Crippen LogP contribution in [0.3, 0.4) is 0 Å². The van der Waals surface area contributed by atoms with Gasteiger partial charge in [0.2, 0.25) is 0 Å². The van der Waals surface area contributed by atoms with Crippen molar-refractivity contribution in [3.63, 3.8) is 0 Å². The number of imide groups is 1. The summed E-state index contributed by atoms with van der Waals surface area (Å²) >= 11 is 10.8. The molecule has 0 unspecified atom stereocenters. The molecule has 76 valence electrons. The van der Waals surface area contributed by atoms with Crippen molar-refractivity contribution in [2.75, 3.05) is 13.7 Å². The van der Waals surface area contributed by atoms with Gasteiger partial charge in [0.1, 0.15) is 16.6 Å². The van der Waals surface area contributed by atoms with Crippen molar-refractivity contribution in [3.05, 3.63) is 10.1 Å². The van der Waals surface area contributed by atoms with Gasteiger partial charge in [0, 0.05) is 0 Å². The Balaban J connectivity index is 2.82. The van der Waals surface area contributed by atoms with E-state index in [0.29, 0.717) is 4.90 Å². The van der Waals surface area contributed by atoms with Crippen LogP contribution in [0.5, 0.6) is 0 Å². The van der Waals surface area contributed by atoms with E-state index in [1.165, 1.54) is 0 Å². The van der Waals surface area contributed by atoms with Crippen LogP contribution in [0.15, 0.2) is 10.1 Å². The fraction of sp³-hybridized carbons (Fsp3) is 0.286. The molecule has 0 bridgehead atoms. The zero-order valence-electron chi connectivity index (χ0n) is 7.04. The molecule has 0 atom stereocenters. The predicted octanol–water partition coefficient (Wildman–Crippen LogP) is 0.217. The molecule has 1 aliphatic heterocycles. The van der Waals surface area contributed by atoms with Gasteiger partial charge in [0.05, 0.1) is 7.11 Å². The number of ether oxygens (including phenoxy) is 1. The quantitative estimate of drug-likeness (QED) is 0.509. The highest BCUT2D eigenvalue weighted by Crippen LogP contribution is 2.26. The maximum atomic E-state index is 11.2. The lowest BCUT2D eigenvalue weighted by Gasteiger charge is -2.11. The van der Waals surface area contributed by atoms with Crippen LogP contribution < -0.4 is 0 Å². The standard InChI is InChI=1S/C7H5Cl2NO4/c1-14-3(11)2-10-6(12)4(8)5(9)7(10)13/h2H2,1H3. The Bertz CT molecular complexity index is 326. The number of hydrogen-bond donors (Lipinski definition) is 0. The molecule has 1 heterocycles. The molecule has 0 aromatic rings. The van der Waals surface area contributed by atoms with Crippen molar-refractivity contribution in [2.24, 2.45) is 0 Å². The summed E-state index contributed by atoms with van der Waals surface area (Å²) in [7, 11) is 1.14. The first-order valence-electron chi connectivity index (χ1n) is 3.47. The van der Waals surface area contributed by atoms with E-state index >= 15 is 0 Å². The first-order valence-corrected chi connectivity index (χ1v) is 4.23. The van der Waals surface area contributed by atoms with Gasteiger partial charge in [-0.2, -0.15) is 0 Å². The van der Waals surface area contributed by atoms with Crippen LogP contribution in [-0.4, -0.2) is 36.3 Å². The average molecular weight is 238 g/mol. The molecule has 14 heavy (non-hydrogen) atoms. The first kappa shape index (κ1) is 11.0. The Morgan fingerprint density at radius 3 is 2.07 bits per heavy atom. The van der Waals surface area contributed by atoms with Crippen LogP contribution in [-0.2, 0) is 19.1 Å². The molecule has 0 aromatic heterocycles. The zero-order valence-corrected chi connectivity index (χ0v) is 8.56. The number of carbonyl (C=O) groups is 3. The van der Waals surface area contributed by atoms with Crippen molar-refractivity contribution in [1.82, 2.24) is 4.90 Å². The van der Waals surface area contributed by atoms with Gasteiger partial charge in [-0.1, -0.05) is 23.2 Å². The summed E-state index contributed by atoms with van der Waals surface area (Å²) in [6.07, 6.45) is 0. The van der Waals surface area contributed by atoms with Gasteiger partial charge in [-0.15, -0.1) is 0 Å². The maximum Gasteiger partial charge on any atom is 0.325 e. The number of rotatable bonds is 2. The van der Waals surface area contributed by atoms with Gasteiger partial charge in [-0.3, -0.25) is 19.3 Å². The number of esters is 1. The molecule has 0 radical (unpaired) electrons. The minimum Gasteiger partial charge on any atom is -0.468 e. The molecular formula is C7H5Cl2NO4. The third-order valence-electron chi connectivity index (χ3n) is 1.57. The van der Waals surface area contributed by atoms with Crippen LogP contribution >= 0.6 is 23.2 Å². The third kappa shape index (κ3) is 1.73. The molecular weight excluding hydrogens is 233 g/mol. The highest BCUT2D eigenvalue weighted by molar-refractivity contribution is 6.58. The topological polar surface area (TPSA) is 63.7 Å². The summed E-state index contributed by atoms with van der Waals surface area (Å²) in [6.45, 7) is -0.486. The lowest BCUT2D eigenvalue weighted by molar-refractivity contribution is -0.149. The van der Waals surface area contributed by atoms with Crippen LogP contribution in [0.25, 0.3) is 0 Å². The van der Waals surface area contributed by atoms with E-state index in [2.05, 4.69) is 4.74 Å². The van der Waals surface area contributed by atoms with Crippen molar-refractivity contribution >= 4 is 41.0 Å². The van der Waals surface area contributed by atoms with Gasteiger partial charge < -0.3 is 4.74 Å². The van der Waals surface area contributed by atoms with Gasteiger partial charge in [0.25, 0.3) is 11.8 Å². The Kier molecular flexibility index (Phi) is 3.13. The molecule has 0 aliphatic carbocycles. The van der Waals surface area contributed by atoms with Crippen LogP contribution in [0, 0.1) is 0 Å². The Morgan fingerprint density at radius 2 is 1.71 bits per heavy atom. The van der Waals surface area contributed by atoms with Gasteiger partial charge in [-0.25, -0.2) is 0 Å². The smallest absolute Gasteiger partial charge is 0.325 e. The molecule has 1 rings (SSSR count). The van der Waals surface area contributed by atoms with Crippen LogP contribution in [0.4, 0.5) is 0 Å². The number of halogens is 2. The van der Waals surface area contributed by atoms with E-state index in [0.717, 1.165) is 7.11 Å². The molecule has 5 nitrogen and oxygen atoms in total. The van der Waals surface area contributed by atoms with E-state index in [-0.39, 0.29) is 10.1 Å².